The normalized spacial score (nSPS) is 11.1. The van der Waals surface area contributed by atoms with E-state index in [9.17, 15) is 19.2 Å². The molecule has 0 fully saturated rings. The molecule has 2 amide bonds. The van der Waals surface area contributed by atoms with Crippen LogP contribution in [0.1, 0.15) is 104 Å². The fourth-order valence-corrected chi connectivity index (χ4v) is 6.54. The zero-order valence-electron chi connectivity index (χ0n) is 24.1. The molecule has 40 heavy (non-hydrogen) atoms. The smallest absolute Gasteiger partial charge is 0.341 e. The minimum atomic E-state index is -0.467. The Morgan fingerprint density at radius 2 is 1.00 bits per heavy atom. The number of aryl methyl sites for hydroxylation is 2. The third-order valence-corrected chi connectivity index (χ3v) is 8.21. The van der Waals surface area contributed by atoms with Crippen LogP contribution in [0.25, 0.3) is 0 Å². The highest BCUT2D eigenvalue weighted by atomic mass is 32.1. The van der Waals surface area contributed by atoms with Crippen LogP contribution in [0.4, 0.5) is 10.0 Å². The lowest BCUT2D eigenvalue weighted by atomic mass is 10.1. The van der Waals surface area contributed by atoms with Crippen molar-refractivity contribution in [3.8, 4) is 0 Å². The van der Waals surface area contributed by atoms with Gasteiger partial charge in [-0.1, -0.05) is 13.8 Å². The maximum Gasteiger partial charge on any atom is 0.341 e. The van der Waals surface area contributed by atoms with Crippen molar-refractivity contribution in [1.82, 2.24) is 0 Å². The fourth-order valence-electron chi connectivity index (χ4n) is 4.29. The summed E-state index contributed by atoms with van der Waals surface area (Å²) in [5.74, 6) is -1.75. The number of rotatable bonds is 10. The van der Waals surface area contributed by atoms with Gasteiger partial charge in [0.1, 0.15) is 10.0 Å². The highest BCUT2D eigenvalue weighted by Gasteiger charge is 2.26. The van der Waals surface area contributed by atoms with Crippen LogP contribution in [-0.2, 0) is 22.3 Å². The van der Waals surface area contributed by atoms with E-state index >= 15 is 0 Å². The van der Waals surface area contributed by atoms with E-state index < -0.39 is 23.8 Å². The molecule has 0 unspecified atom stereocenters. The summed E-state index contributed by atoms with van der Waals surface area (Å²) in [4.78, 5) is 53.6. The first-order valence-corrected chi connectivity index (χ1v) is 14.9. The molecule has 2 heterocycles. The number of benzene rings is 1. The summed E-state index contributed by atoms with van der Waals surface area (Å²) in [6, 6.07) is 6.18. The second kappa shape index (κ2) is 13.2. The van der Waals surface area contributed by atoms with Crippen molar-refractivity contribution in [2.75, 3.05) is 10.6 Å². The number of carbonyl (C=O) groups is 4. The quantitative estimate of drug-likeness (QED) is 0.244. The SMILES string of the molecule is CCc1c(C)sc(NC(=O)c2ccc(C(=O)Nc3sc(C)c(CC)c3C(=O)OC(C)C)cc2)c1C(=O)OC(C)C. The van der Waals surface area contributed by atoms with Gasteiger partial charge in [-0.2, -0.15) is 0 Å². The van der Waals surface area contributed by atoms with Gasteiger partial charge in [-0.25, -0.2) is 9.59 Å². The van der Waals surface area contributed by atoms with E-state index in [1.807, 2.05) is 27.7 Å². The Kier molecular flexibility index (Phi) is 10.3. The molecule has 214 valence electrons. The Morgan fingerprint density at radius 1 is 0.675 bits per heavy atom. The average Bonchev–Trinajstić information content (AvgIpc) is 3.37. The van der Waals surface area contributed by atoms with Gasteiger partial charge in [0.25, 0.3) is 11.8 Å². The Hall–Kier alpha value is -3.50. The first-order valence-electron chi connectivity index (χ1n) is 13.3. The molecule has 3 aromatic rings. The van der Waals surface area contributed by atoms with Gasteiger partial charge in [-0.3, -0.25) is 9.59 Å². The molecule has 8 nitrogen and oxygen atoms in total. The van der Waals surface area contributed by atoms with Crippen molar-refractivity contribution in [2.24, 2.45) is 0 Å². The summed E-state index contributed by atoms with van der Waals surface area (Å²) in [6.07, 6.45) is 0.683. The molecule has 0 saturated heterocycles. The second-order valence-electron chi connectivity index (χ2n) is 9.78. The molecular formula is C30H36N2O6S2. The molecule has 0 aliphatic heterocycles. The molecular weight excluding hydrogens is 548 g/mol. The zero-order chi connectivity index (χ0) is 29.7. The van der Waals surface area contributed by atoms with Crippen LogP contribution in [-0.4, -0.2) is 36.0 Å². The van der Waals surface area contributed by atoms with Gasteiger partial charge < -0.3 is 20.1 Å². The van der Waals surface area contributed by atoms with Crippen molar-refractivity contribution < 1.29 is 28.7 Å². The fraction of sp³-hybridized carbons (Fsp3) is 0.400. The first kappa shape index (κ1) is 31.0. The predicted octanol–water partition coefficient (Wildman–Crippen LogP) is 7.19. The van der Waals surface area contributed by atoms with Crippen molar-refractivity contribution in [3.05, 3.63) is 67.4 Å². The number of carbonyl (C=O) groups excluding carboxylic acids is 4. The number of nitrogens with one attached hydrogen (secondary N) is 2. The van der Waals surface area contributed by atoms with E-state index in [4.69, 9.17) is 9.47 Å². The zero-order valence-corrected chi connectivity index (χ0v) is 25.8. The van der Waals surface area contributed by atoms with Crippen LogP contribution < -0.4 is 10.6 Å². The van der Waals surface area contributed by atoms with Crippen molar-refractivity contribution >= 4 is 56.4 Å². The standard InChI is InChI=1S/C30H36N2O6S2/c1-9-21-17(7)39-27(23(21)29(35)37-15(3)4)31-25(33)19-11-13-20(14-12-19)26(34)32-28-24(30(36)38-16(5)6)22(10-2)18(8)40-28/h11-16H,9-10H2,1-8H3,(H,31,33)(H,32,34). The number of amides is 2. The van der Waals surface area contributed by atoms with Gasteiger partial charge in [0.05, 0.1) is 23.3 Å². The average molecular weight is 585 g/mol. The van der Waals surface area contributed by atoms with E-state index in [1.165, 1.54) is 22.7 Å². The number of hydrogen-bond acceptors (Lipinski definition) is 8. The van der Waals surface area contributed by atoms with E-state index in [-0.39, 0.29) is 12.2 Å². The molecule has 0 atom stereocenters. The lowest BCUT2D eigenvalue weighted by Gasteiger charge is -2.12. The van der Waals surface area contributed by atoms with Crippen LogP contribution in [0, 0.1) is 13.8 Å². The minimum absolute atomic E-state index is 0.289. The van der Waals surface area contributed by atoms with E-state index in [1.54, 1.807) is 52.0 Å². The molecule has 10 heteroatoms. The Balaban J connectivity index is 1.80. The number of anilines is 2. The van der Waals surface area contributed by atoms with E-state index in [0.29, 0.717) is 45.1 Å². The number of esters is 2. The maximum atomic E-state index is 13.1. The third kappa shape index (κ3) is 6.98. The highest BCUT2D eigenvalue weighted by Crippen LogP contribution is 2.36. The number of hydrogen-bond donors (Lipinski definition) is 2. The molecule has 0 bridgehead atoms. The van der Waals surface area contributed by atoms with Crippen molar-refractivity contribution in [1.29, 1.82) is 0 Å². The van der Waals surface area contributed by atoms with Gasteiger partial charge in [0, 0.05) is 20.9 Å². The summed E-state index contributed by atoms with van der Waals surface area (Å²) >= 11 is 2.66. The molecule has 0 saturated carbocycles. The molecule has 0 radical (unpaired) electrons. The third-order valence-electron chi connectivity index (χ3n) is 6.08. The van der Waals surface area contributed by atoms with Gasteiger partial charge in [0.2, 0.25) is 0 Å². The largest absolute Gasteiger partial charge is 0.459 e. The predicted molar refractivity (Wildman–Crippen MR) is 160 cm³/mol. The summed E-state index contributed by atoms with van der Waals surface area (Å²) < 4.78 is 10.8. The lowest BCUT2D eigenvalue weighted by molar-refractivity contribution is 0.0367. The molecule has 0 spiro atoms. The lowest BCUT2D eigenvalue weighted by Crippen LogP contribution is -2.18. The molecule has 3 rings (SSSR count). The van der Waals surface area contributed by atoms with E-state index in [0.717, 1.165) is 20.9 Å². The van der Waals surface area contributed by atoms with Gasteiger partial charge >= 0.3 is 11.9 Å². The highest BCUT2D eigenvalue weighted by molar-refractivity contribution is 7.17. The molecule has 2 aromatic heterocycles. The van der Waals surface area contributed by atoms with Crippen LogP contribution in [0.3, 0.4) is 0 Å². The number of ether oxygens (including phenoxy) is 2. The van der Waals surface area contributed by atoms with Gasteiger partial charge in [-0.05, 0) is 89.8 Å². The molecule has 0 aliphatic rings. The van der Waals surface area contributed by atoms with Crippen LogP contribution in [0.2, 0.25) is 0 Å². The topological polar surface area (TPSA) is 111 Å². The first-order chi connectivity index (χ1) is 18.9. The Labute approximate surface area is 243 Å². The van der Waals surface area contributed by atoms with Crippen LogP contribution in [0.5, 0.6) is 0 Å². The number of thiophene rings is 2. The van der Waals surface area contributed by atoms with Crippen LogP contribution >= 0.6 is 22.7 Å². The summed E-state index contributed by atoms with van der Waals surface area (Å²) in [7, 11) is 0. The summed E-state index contributed by atoms with van der Waals surface area (Å²) in [5.41, 5.74) is 3.12. The minimum Gasteiger partial charge on any atom is -0.459 e. The van der Waals surface area contributed by atoms with Crippen molar-refractivity contribution in [2.45, 2.75) is 80.4 Å². The Morgan fingerprint density at radius 3 is 1.27 bits per heavy atom. The molecule has 2 N–H and O–H groups in total. The van der Waals surface area contributed by atoms with Gasteiger partial charge in [0.15, 0.2) is 0 Å². The molecule has 0 aliphatic carbocycles. The van der Waals surface area contributed by atoms with Gasteiger partial charge in [-0.15, -0.1) is 22.7 Å². The second-order valence-corrected chi connectivity index (χ2v) is 12.2. The monoisotopic (exact) mass is 584 g/mol. The van der Waals surface area contributed by atoms with E-state index in [2.05, 4.69) is 10.6 Å². The Bertz CT molecular complexity index is 1310. The summed E-state index contributed by atoms with van der Waals surface area (Å²) in [6.45, 7) is 14.8. The summed E-state index contributed by atoms with van der Waals surface area (Å²) in [5, 5.41) is 6.56. The van der Waals surface area contributed by atoms with Crippen LogP contribution in [0.15, 0.2) is 24.3 Å². The van der Waals surface area contributed by atoms with Crippen molar-refractivity contribution in [3.63, 3.8) is 0 Å². The maximum absolute atomic E-state index is 13.1. The molecule has 1 aromatic carbocycles.